The summed E-state index contributed by atoms with van der Waals surface area (Å²) in [5.41, 5.74) is 9.01. The number of ether oxygens (including phenoxy) is 1. The van der Waals surface area contributed by atoms with Gasteiger partial charge in [-0.05, 0) is 105 Å². The Labute approximate surface area is 407 Å². The first-order valence-electron chi connectivity index (χ1n) is 25.1. The van der Waals surface area contributed by atoms with Gasteiger partial charge in [0.1, 0.15) is 5.82 Å². The Bertz CT molecular complexity index is 3640. The smallest absolute Gasteiger partial charge is 0.135 e. The predicted octanol–water partition coefficient (Wildman–Crippen LogP) is 15.1. The average molecular weight is 1030 g/mol. The number of aromatic nitrogens is 2. The van der Waals surface area contributed by atoms with Crippen molar-refractivity contribution in [1.82, 2.24) is 9.55 Å². The van der Waals surface area contributed by atoms with Gasteiger partial charge in [-0.1, -0.05) is 120 Å². The summed E-state index contributed by atoms with van der Waals surface area (Å²) >= 11 is 0. The summed E-state index contributed by atoms with van der Waals surface area (Å²) in [4.78, 5) is 9.03. The molecular formula is C58H48N5OPt-3. The van der Waals surface area contributed by atoms with Gasteiger partial charge in [0.15, 0.2) is 0 Å². The van der Waals surface area contributed by atoms with E-state index in [1.54, 1.807) is 28.8 Å². The molecule has 3 heterocycles. The summed E-state index contributed by atoms with van der Waals surface area (Å²) in [5.74, 6) is 0.887. The van der Waals surface area contributed by atoms with E-state index >= 15 is 0 Å². The zero-order valence-electron chi connectivity index (χ0n) is 44.7. The Morgan fingerprint density at radius 1 is 0.692 bits per heavy atom. The van der Waals surface area contributed by atoms with Crippen LogP contribution in [0.3, 0.4) is 0 Å². The molecule has 0 atom stereocenters. The van der Waals surface area contributed by atoms with Crippen molar-refractivity contribution in [2.75, 3.05) is 9.80 Å². The van der Waals surface area contributed by atoms with E-state index in [1.807, 2.05) is 42.5 Å². The van der Waals surface area contributed by atoms with E-state index in [9.17, 15) is 5.26 Å². The first-order chi connectivity index (χ1) is 34.1. The molecule has 6 nitrogen and oxygen atoms in total. The second-order valence-electron chi connectivity index (χ2n) is 18.0. The molecule has 0 saturated heterocycles. The number of fused-ring (bicyclic) bond motifs is 4. The summed E-state index contributed by atoms with van der Waals surface area (Å²) in [6.45, 7) is 12.7. The van der Waals surface area contributed by atoms with Crippen LogP contribution in [0, 0.1) is 37.0 Å². The summed E-state index contributed by atoms with van der Waals surface area (Å²) in [7, 11) is 0. The molecule has 0 unspecified atom stereocenters. The van der Waals surface area contributed by atoms with Crippen molar-refractivity contribution in [3.8, 4) is 45.6 Å². The van der Waals surface area contributed by atoms with Crippen molar-refractivity contribution >= 4 is 44.6 Å². The van der Waals surface area contributed by atoms with E-state index < -0.39 is 37.1 Å². The van der Waals surface area contributed by atoms with Crippen molar-refractivity contribution in [3.05, 3.63) is 199 Å². The van der Waals surface area contributed by atoms with Crippen molar-refractivity contribution in [2.24, 2.45) is 0 Å². The minimum absolute atomic E-state index is 0. The van der Waals surface area contributed by atoms with Crippen LogP contribution in [0.15, 0.2) is 158 Å². The number of benzene rings is 7. The van der Waals surface area contributed by atoms with Gasteiger partial charge < -0.3 is 19.1 Å². The standard InChI is InChI=1S/C58H48N5O.Pt/c1-38-27-56(60-36-51(38)41-17-12-9-13-18-41)63-52-25-21-39(35-59)28-50(52)49-24-23-48(34-54(49)63)64-47-20-14-19-45(33-47)61-37-62(46-31-43(57(2,3)4)30-44(32-46)58(5,6)7)55-29-42(22-26-53(55)61)40-15-10-8-11-16-40;/h8-32,36-37H,1-7H3;/q-3;/i1D3,9D,12D,13D,17D,18D;. The van der Waals surface area contributed by atoms with Crippen LogP contribution in [0.4, 0.5) is 22.7 Å². The van der Waals surface area contributed by atoms with Crippen LogP contribution in [0.5, 0.6) is 11.5 Å². The fourth-order valence-corrected chi connectivity index (χ4v) is 8.18. The van der Waals surface area contributed by atoms with Gasteiger partial charge in [0.25, 0.3) is 0 Å². The Morgan fingerprint density at radius 3 is 2.17 bits per heavy atom. The molecule has 65 heavy (non-hydrogen) atoms. The average Bonchev–Trinajstić information content (AvgIpc) is 3.90. The van der Waals surface area contributed by atoms with E-state index in [0.717, 1.165) is 33.9 Å². The van der Waals surface area contributed by atoms with E-state index in [4.69, 9.17) is 15.7 Å². The zero-order chi connectivity index (χ0) is 51.2. The maximum Gasteiger partial charge on any atom is 0.135 e. The van der Waals surface area contributed by atoms with Crippen LogP contribution in [0.25, 0.3) is 49.9 Å². The molecule has 1 aliphatic heterocycles. The molecule has 9 aromatic rings. The van der Waals surface area contributed by atoms with E-state index in [1.165, 1.54) is 23.4 Å². The van der Waals surface area contributed by atoms with Gasteiger partial charge in [-0.2, -0.15) is 17.4 Å². The normalized spacial score (nSPS) is 14.5. The van der Waals surface area contributed by atoms with Crippen LogP contribution in [-0.2, 0) is 31.9 Å². The summed E-state index contributed by atoms with van der Waals surface area (Å²) in [6, 6.07) is 45.8. The first kappa shape index (κ1) is 34.5. The number of nitrogens with zero attached hydrogens (tertiary/aromatic N) is 5. The van der Waals surface area contributed by atoms with Crippen LogP contribution >= 0.6 is 0 Å². The molecule has 0 bridgehead atoms. The van der Waals surface area contributed by atoms with Crippen LogP contribution in [-0.4, -0.2) is 9.55 Å². The summed E-state index contributed by atoms with van der Waals surface area (Å²) in [6.07, 6.45) is 1.23. The van der Waals surface area contributed by atoms with Gasteiger partial charge >= 0.3 is 0 Å². The molecule has 7 heteroatoms. The molecule has 0 fully saturated rings. The molecule has 1 aliphatic rings. The Balaban J connectivity index is 0.00000656. The third kappa shape index (κ3) is 8.22. The number of anilines is 4. The molecular weight excluding hydrogens is 978 g/mol. The monoisotopic (exact) mass is 1030 g/mol. The molecule has 0 radical (unpaired) electrons. The topological polar surface area (TPSA) is 57.3 Å². The van der Waals surface area contributed by atoms with Crippen molar-refractivity contribution in [3.63, 3.8) is 0 Å². The zero-order valence-corrected chi connectivity index (χ0v) is 38.9. The largest absolute Gasteiger partial charge is 0.509 e. The Kier molecular flexibility index (Phi) is 8.96. The Morgan fingerprint density at radius 2 is 1.45 bits per heavy atom. The van der Waals surface area contributed by atoms with Gasteiger partial charge in [0.05, 0.1) is 18.5 Å². The fourth-order valence-electron chi connectivity index (χ4n) is 8.18. The number of hydrogen-bond donors (Lipinski definition) is 0. The maximum atomic E-state index is 9.89. The molecule has 10 rings (SSSR count). The molecule has 0 N–H and O–H groups in total. The maximum absolute atomic E-state index is 9.89. The molecule has 0 spiro atoms. The van der Waals surface area contributed by atoms with Crippen molar-refractivity contribution in [2.45, 2.75) is 59.2 Å². The van der Waals surface area contributed by atoms with Gasteiger partial charge in [-0.3, -0.25) is 0 Å². The van der Waals surface area contributed by atoms with E-state index in [-0.39, 0.29) is 54.4 Å². The molecule has 7 aromatic carbocycles. The van der Waals surface area contributed by atoms with Crippen LogP contribution in [0.1, 0.15) is 74.8 Å². The van der Waals surface area contributed by atoms with Crippen molar-refractivity contribution in [1.29, 1.82) is 5.26 Å². The minimum atomic E-state index is -2.79. The number of aryl methyl sites for hydroxylation is 1. The van der Waals surface area contributed by atoms with Crippen LogP contribution in [0.2, 0.25) is 0 Å². The molecule has 324 valence electrons. The quantitative estimate of drug-likeness (QED) is 0.149. The number of nitriles is 1. The second kappa shape index (κ2) is 16.9. The second-order valence-corrected chi connectivity index (χ2v) is 18.0. The van der Waals surface area contributed by atoms with Gasteiger partial charge in [-0.25, -0.2) is 4.98 Å². The van der Waals surface area contributed by atoms with Crippen molar-refractivity contribution < 1.29 is 36.8 Å². The molecule has 2 aromatic heterocycles. The molecule has 0 saturated carbocycles. The van der Waals surface area contributed by atoms with Crippen LogP contribution < -0.4 is 14.5 Å². The Hall–Kier alpha value is -6.93. The predicted molar refractivity (Wildman–Crippen MR) is 262 cm³/mol. The summed E-state index contributed by atoms with van der Waals surface area (Å²) in [5, 5.41) is 11.3. The fraction of sp³-hybridized carbons (Fsp3) is 0.155. The number of rotatable bonds is 7. The minimum Gasteiger partial charge on any atom is -0.509 e. The van der Waals surface area contributed by atoms with E-state index in [0.29, 0.717) is 38.9 Å². The third-order valence-corrected chi connectivity index (χ3v) is 11.7. The molecule has 0 amide bonds. The molecule has 0 aliphatic carbocycles. The van der Waals surface area contributed by atoms with E-state index in [2.05, 4.69) is 130 Å². The van der Waals surface area contributed by atoms with Gasteiger partial charge in [-0.15, -0.1) is 48.1 Å². The van der Waals surface area contributed by atoms with Gasteiger partial charge in [0.2, 0.25) is 0 Å². The number of hydrogen-bond acceptors (Lipinski definition) is 5. The van der Waals surface area contributed by atoms with Gasteiger partial charge in [0, 0.05) is 71.0 Å². The SMILES string of the molecule is [2H]c1c([2H])c([2H])c(-c2cnc(-n3c4[c-]c(Oc5[c-]c(N6[CH-]N(c7cc(C(C)(C)C)cc(C(C)(C)C)c7)c7cc(-c8ccccc8)ccc76)ccc5)ccc4c4cc(C#N)ccc43)cc2C([2H])([2H])[2H])c([2H])c1[2H].[Pt]. The first-order valence-corrected chi connectivity index (χ1v) is 21.1. The third-order valence-electron chi connectivity index (χ3n) is 11.7. The summed E-state index contributed by atoms with van der Waals surface area (Å²) < 4.78 is 75.9. The number of pyridine rings is 1.